The minimum absolute atomic E-state index is 0.0321. The molecule has 1 aromatic carbocycles. The van der Waals surface area contributed by atoms with Gasteiger partial charge in [0.25, 0.3) is 6.47 Å². The molecule has 0 bridgehead atoms. The summed E-state index contributed by atoms with van der Waals surface area (Å²) >= 11 is 0. The number of carboxylic acid groups (broad SMARTS) is 1. The van der Waals surface area contributed by atoms with Crippen LogP contribution >= 0.6 is 0 Å². The Morgan fingerprint density at radius 2 is 0.941 bits per heavy atom. The average Bonchev–Trinajstić information content (AvgIpc) is 2.73. The number of unbranched alkanes of at least 4 members (excludes halogenated alkanes) is 13. The first-order chi connectivity index (χ1) is 16.0. The zero-order chi connectivity index (χ0) is 26.0. The maximum absolute atomic E-state index is 10.9. The van der Waals surface area contributed by atoms with Crippen molar-refractivity contribution in [2.75, 3.05) is 0 Å². The molecule has 0 fully saturated rings. The van der Waals surface area contributed by atoms with E-state index in [4.69, 9.17) is 9.90 Å². The number of phenols is 1. The minimum atomic E-state index is -0.250. The Labute approximate surface area is 211 Å². The van der Waals surface area contributed by atoms with E-state index in [1.165, 1.54) is 95.5 Å². The van der Waals surface area contributed by atoms with Gasteiger partial charge in [-0.1, -0.05) is 144 Å². The first-order valence-electron chi connectivity index (χ1n) is 13.9. The van der Waals surface area contributed by atoms with E-state index in [0.29, 0.717) is 5.75 Å². The predicted molar refractivity (Wildman–Crippen MR) is 148 cm³/mol. The van der Waals surface area contributed by atoms with Gasteiger partial charge in [-0.3, -0.25) is 4.79 Å². The van der Waals surface area contributed by atoms with Gasteiger partial charge in [0.15, 0.2) is 0 Å². The number of phenolic OH excluding ortho intramolecular Hbond substituents is 1. The third-order valence-corrected chi connectivity index (χ3v) is 6.60. The van der Waals surface area contributed by atoms with Gasteiger partial charge in [0.05, 0.1) is 0 Å². The molecule has 198 valence electrons. The van der Waals surface area contributed by atoms with Crippen LogP contribution in [0.15, 0.2) is 12.1 Å². The van der Waals surface area contributed by atoms with E-state index in [1.54, 1.807) is 0 Å². The fourth-order valence-electron chi connectivity index (χ4n) is 4.51. The zero-order valence-corrected chi connectivity index (χ0v) is 23.6. The van der Waals surface area contributed by atoms with Crippen molar-refractivity contribution in [3.8, 4) is 5.75 Å². The lowest BCUT2D eigenvalue weighted by Gasteiger charge is -2.28. The van der Waals surface area contributed by atoms with Crippen LogP contribution in [0.1, 0.15) is 155 Å². The lowest BCUT2D eigenvalue weighted by atomic mass is 9.78. The summed E-state index contributed by atoms with van der Waals surface area (Å²) in [7, 11) is 0. The Bertz CT molecular complexity index is 615. The molecule has 0 heterocycles. The van der Waals surface area contributed by atoms with E-state index in [-0.39, 0.29) is 17.3 Å². The summed E-state index contributed by atoms with van der Waals surface area (Å²) in [5, 5.41) is 17.8. The number of benzene rings is 1. The lowest BCUT2D eigenvalue weighted by molar-refractivity contribution is -0.122. The van der Waals surface area contributed by atoms with Crippen LogP contribution in [-0.2, 0) is 22.0 Å². The molecule has 1 aromatic rings. The Morgan fingerprint density at radius 3 is 1.24 bits per heavy atom. The highest BCUT2D eigenvalue weighted by molar-refractivity contribution is 5.49. The molecule has 0 aliphatic heterocycles. The van der Waals surface area contributed by atoms with Crippen LogP contribution in [0.5, 0.6) is 5.75 Å². The third-order valence-electron chi connectivity index (χ3n) is 6.60. The van der Waals surface area contributed by atoms with Crippen molar-refractivity contribution in [1.82, 2.24) is 0 Å². The van der Waals surface area contributed by atoms with E-state index >= 15 is 0 Å². The molecule has 3 heteroatoms. The van der Waals surface area contributed by atoms with Gasteiger partial charge in [0.2, 0.25) is 0 Å². The van der Waals surface area contributed by atoms with Crippen molar-refractivity contribution in [2.24, 2.45) is 0 Å². The second-order valence-electron chi connectivity index (χ2n) is 12.0. The topological polar surface area (TPSA) is 57.5 Å². The molecule has 0 aliphatic rings. The largest absolute Gasteiger partial charge is 0.507 e. The van der Waals surface area contributed by atoms with Crippen molar-refractivity contribution in [1.29, 1.82) is 0 Å². The van der Waals surface area contributed by atoms with Crippen LogP contribution in [0.3, 0.4) is 0 Å². The number of aromatic hydroxyl groups is 1. The SMILES string of the molecule is CCCCCCCCCCCCCCCCc1cc(C(C)(C)C)c(O)c(C(C)(C)C)c1.O=CO. The summed E-state index contributed by atoms with van der Waals surface area (Å²) in [4.78, 5) is 8.36. The number of rotatable bonds is 15. The van der Waals surface area contributed by atoms with E-state index < -0.39 is 0 Å². The van der Waals surface area contributed by atoms with Gasteiger partial charge in [-0.15, -0.1) is 0 Å². The summed E-state index contributed by atoms with van der Waals surface area (Å²) in [5.74, 6) is 0.504. The highest BCUT2D eigenvalue weighted by Gasteiger charge is 2.26. The van der Waals surface area contributed by atoms with Crippen molar-refractivity contribution in [3.63, 3.8) is 0 Å². The van der Waals surface area contributed by atoms with Crippen molar-refractivity contribution >= 4 is 6.47 Å². The van der Waals surface area contributed by atoms with Crippen molar-refractivity contribution in [3.05, 3.63) is 28.8 Å². The normalized spacial score (nSPS) is 11.7. The standard InChI is InChI=1S/C30H54O.CH2O2/c1-8-9-10-11-12-13-14-15-16-17-18-19-20-21-22-25-23-26(29(2,3)4)28(31)27(24-25)30(5,6)7;2-1-3/h23-24,31H,8-22H2,1-7H3;1H,(H,2,3). The number of carbonyl (C=O) groups is 1. The van der Waals surface area contributed by atoms with E-state index in [0.717, 1.165) is 17.5 Å². The van der Waals surface area contributed by atoms with E-state index in [9.17, 15) is 5.11 Å². The average molecular weight is 477 g/mol. The first kappa shape index (κ1) is 32.5. The van der Waals surface area contributed by atoms with E-state index in [2.05, 4.69) is 60.6 Å². The summed E-state index contributed by atoms with van der Waals surface area (Å²) in [6, 6.07) is 4.51. The van der Waals surface area contributed by atoms with Crippen molar-refractivity contribution < 1.29 is 15.0 Å². The second-order valence-corrected chi connectivity index (χ2v) is 12.0. The highest BCUT2D eigenvalue weighted by atomic mass is 16.3. The smallest absolute Gasteiger partial charge is 0.290 e. The summed E-state index contributed by atoms with van der Waals surface area (Å²) in [6.07, 6.45) is 20.8. The first-order valence-corrected chi connectivity index (χ1v) is 13.9. The molecule has 0 saturated heterocycles. The maximum Gasteiger partial charge on any atom is 0.290 e. The van der Waals surface area contributed by atoms with Gasteiger partial charge < -0.3 is 10.2 Å². The Kier molecular flexibility index (Phi) is 17.1. The van der Waals surface area contributed by atoms with Crippen molar-refractivity contribution in [2.45, 2.75) is 156 Å². The molecule has 1 rings (SSSR count). The second kappa shape index (κ2) is 17.9. The summed E-state index contributed by atoms with van der Waals surface area (Å²) in [5.41, 5.74) is 3.53. The molecule has 34 heavy (non-hydrogen) atoms. The van der Waals surface area contributed by atoms with Gasteiger partial charge in [0, 0.05) is 0 Å². The fourth-order valence-corrected chi connectivity index (χ4v) is 4.51. The van der Waals surface area contributed by atoms with Crippen LogP contribution in [0.2, 0.25) is 0 Å². The Balaban J connectivity index is 0.00000343. The maximum atomic E-state index is 10.9. The molecule has 3 nitrogen and oxygen atoms in total. The quantitative estimate of drug-likeness (QED) is 0.196. The van der Waals surface area contributed by atoms with Crippen LogP contribution < -0.4 is 0 Å². The third kappa shape index (κ3) is 14.7. The zero-order valence-electron chi connectivity index (χ0n) is 23.6. The Morgan fingerprint density at radius 1 is 0.647 bits per heavy atom. The van der Waals surface area contributed by atoms with Gasteiger partial charge in [-0.2, -0.15) is 0 Å². The highest BCUT2D eigenvalue weighted by Crippen LogP contribution is 2.40. The molecule has 0 unspecified atom stereocenters. The van der Waals surface area contributed by atoms with Gasteiger partial charge >= 0.3 is 0 Å². The van der Waals surface area contributed by atoms with Crippen LogP contribution in [-0.4, -0.2) is 16.7 Å². The predicted octanol–water partition coefficient (Wildman–Crippen LogP) is 9.71. The molecule has 0 aliphatic carbocycles. The fraction of sp³-hybridized carbons (Fsp3) is 0.774. The van der Waals surface area contributed by atoms with Gasteiger partial charge in [-0.05, 0) is 40.4 Å². The molecule has 2 N–H and O–H groups in total. The number of hydrogen-bond acceptors (Lipinski definition) is 2. The summed E-state index contributed by atoms with van der Waals surface area (Å²) in [6.45, 7) is 15.2. The molecular formula is C31H56O3. The van der Waals surface area contributed by atoms with Gasteiger partial charge in [0.1, 0.15) is 5.75 Å². The molecule has 0 aromatic heterocycles. The van der Waals surface area contributed by atoms with E-state index in [1.807, 2.05) is 0 Å². The molecule has 0 amide bonds. The lowest BCUT2D eigenvalue weighted by Crippen LogP contribution is -2.18. The molecular weight excluding hydrogens is 420 g/mol. The molecule has 0 atom stereocenters. The number of aryl methyl sites for hydroxylation is 1. The molecule has 0 radical (unpaired) electrons. The molecule has 0 spiro atoms. The summed E-state index contributed by atoms with van der Waals surface area (Å²) < 4.78 is 0. The monoisotopic (exact) mass is 476 g/mol. The van der Waals surface area contributed by atoms with Gasteiger partial charge in [-0.25, -0.2) is 0 Å². The Hall–Kier alpha value is -1.51. The molecule has 0 saturated carbocycles. The minimum Gasteiger partial charge on any atom is -0.507 e. The van der Waals surface area contributed by atoms with Crippen LogP contribution in [0.25, 0.3) is 0 Å². The number of hydrogen-bond donors (Lipinski definition) is 2. The van der Waals surface area contributed by atoms with Crippen LogP contribution in [0, 0.1) is 0 Å². The van der Waals surface area contributed by atoms with Crippen LogP contribution in [0.4, 0.5) is 0 Å².